The summed E-state index contributed by atoms with van der Waals surface area (Å²) in [6.07, 6.45) is 0. The van der Waals surface area contributed by atoms with Gasteiger partial charge in [0.05, 0.1) is 11.1 Å². The van der Waals surface area contributed by atoms with Crippen molar-refractivity contribution >= 4 is 44.9 Å². The maximum Gasteiger partial charge on any atom is 0.0715 e. The van der Waals surface area contributed by atoms with Crippen LogP contribution in [-0.2, 0) is 10.8 Å². The molecule has 12 rings (SSSR count). The van der Waals surface area contributed by atoms with E-state index in [1.54, 1.807) is 0 Å². The molecule has 1 atom stereocenters. The van der Waals surface area contributed by atoms with Crippen LogP contribution in [0.2, 0.25) is 0 Å². The molecule has 304 valence electrons. The maximum absolute atomic E-state index is 2.56. The van der Waals surface area contributed by atoms with Gasteiger partial charge in [-0.05, 0) is 134 Å². The number of benzene rings is 10. The number of hydrogen-bond acceptors (Lipinski definition) is 2. The smallest absolute Gasteiger partial charge is 0.0715 e. The third-order valence-electron chi connectivity index (χ3n) is 13.8. The van der Waals surface area contributed by atoms with E-state index in [-0.39, 0.29) is 5.41 Å². The number of hydrogen-bond donors (Lipinski definition) is 0. The third kappa shape index (κ3) is 5.72. The van der Waals surface area contributed by atoms with Gasteiger partial charge in [0, 0.05) is 39.4 Å². The predicted octanol–water partition coefficient (Wildman–Crippen LogP) is 16.4. The van der Waals surface area contributed by atoms with Crippen molar-refractivity contribution < 1.29 is 0 Å². The second kappa shape index (κ2) is 14.9. The van der Waals surface area contributed by atoms with Crippen molar-refractivity contribution in [3.05, 3.63) is 276 Å². The number of nitrogens with zero attached hydrogens (tertiary/aromatic N) is 2. The van der Waals surface area contributed by atoms with Gasteiger partial charge in [0.25, 0.3) is 0 Å². The molecule has 2 heteroatoms. The van der Waals surface area contributed by atoms with Crippen LogP contribution in [0, 0.1) is 0 Å². The Bertz CT molecular complexity index is 3260. The highest BCUT2D eigenvalue weighted by Crippen LogP contribution is 2.62. The molecule has 0 fully saturated rings. The van der Waals surface area contributed by atoms with Crippen molar-refractivity contribution in [2.45, 2.75) is 24.7 Å². The fraction of sp³-hybridized carbons (Fsp3) is 0.0645. The van der Waals surface area contributed by atoms with Crippen LogP contribution >= 0.6 is 0 Å². The Morgan fingerprint density at radius 2 is 0.781 bits per heavy atom. The van der Waals surface area contributed by atoms with E-state index >= 15 is 0 Å². The average molecular weight is 819 g/mol. The molecule has 0 aliphatic heterocycles. The quantitative estimate of drug-likeness (QED) is 0.151. The van der Waals surface area contributed by atoms with Gasteiger partial charge in [-0.2, -0.15) is 0 Å². The Balaban J connectivity index is 1.22. The van der Waals surface area contributed by atoms with Crippen molar-refractivity contribution in [2.75, 3.05) is 9.80 Å². The van der Waals surface area contributed by atoms with Gasteiger partial charge in [0.1, 0.15) is 0 Å². The van der Waals surface area contributed by atoms with Gasteiger partial charge < -0.3 is 9.80 Å². The first-order valence-electron chi connectivity index (χ1n) is 22.3. The van der Waals surface area contributed by atoms with Crippen LogP contribution in [0.5, 0.6) is 0 Å². The second-order valence-corrected chi connectivity index (χ2v) is 17.7. The molecule has 2 nitrogen and oxygen atoms in total. The molecule has 0 radical (unpaired) electrons. The van der Waals surface area contributed by atoms with Gasteiger partial charge in [-0.25, -0.2) is 0 Å². The van der Waals surface area contributed by atoms with Crippen LogP contribution in [0.4, 0.5) is 34.1 Å². The Kier molecular flexibility index (Phi) is 8.77. The number of anilines is 6. The molecule has 0 spiro atoms. The Morgan fingerprint density at radius 1 is 0.297 bits per heavy atom. The summed E-state index contributed by atoms with van der Waals surface area (Å²) in [5.74, 6) is 0. The zero-order chi connectivity index (χ0) is 42.8. The highest BCUT2D eigenvalue weighted by Gasteiger charge is 2.49. The summed E-state index contributed by atoms with van der Waals surface area (Å²) in [7, 11) is 0. The topological polar surface area (TPSA) is 6.48 Å². The summed E-state index contributed by atoms with van der Waals surface area (Å²) in [5, 5.41) is 2.56. The second-order valence-electron chi connectivity index (χ2n) is 17.7. The Morgan fingerprint density at radius 3 is 1.38 bits per heavy atom. The summed E-state index contributed by atoms with van der Waals surface area (Å²) in [6, 6.07) is 89.7. The Labute approximate surface area is 376 Å². The molecule has 0 saturated heterocycles. The third-order valence-corrected chi connectivity index (χ3v) is 13.8. The average Bonchev–Trinajstić information content (AvgIpc) is 3.77. The molecule has 0 heterocycles. The van der Waals surface area contributed by atoms with Gasteiger partial charge in [0.2, 0.25) is 0 Å². The van der Waals surface area contributed by atoms with E-state index in [1.165, 1.54) is 66.4 Å². The number of para-hydroxylation sites is 4. The minimum Gasteiger partial charge on any atom is -0.310 e. The summed E-state index contributed by atoms with van der Waals surface area (Å²) >= 11 is 0. The highest BCUT2D eigenvalue weighted by atomic mass is 15.2. The minimum absolute atomic E-state index is 0.217. The summed E-state index contributed by atoms with van der Waals surface area (Å²) < 4.78 is 0. The summed E-state index contributed by atoms with van der Waals surface area (Å²) in [4.78, 5) is 4.88. The lowest BCUT2D eigenvalue weighted by Crippen LogP contribution is -2.29. The largest absolute Gasteiger partial charge is 0.310 e. The molecule has 2 aliphatic carbocycles. The van der Waals surface area contributed by atoms with Crippen molar-refractivity contribution in [1.29, 1.82) is 0 Å². The highest BCUT2D eigenvalue weighted by molar-refractivity contribution is 6.01. The van der Waals surface area contributed by atoms with Crippen molar-refractivity contribution in [1.82, 2.24) is 0 Å². The molecule has 0 amide bonds. The Hall–Kier alpha value is -7.94. The van der Waals surface area contributed by atoms with Crippen LogP contribution in [0.3, 0.4) is 0 Å². The van der Waals surface area contributed by atoms with E-state index in [4.69, 9.17) is 0 Å². The van der Waals surface area contributed by atoms with E-state index < -0.39 is 5.41 Å². The van der Waals surface area contributed by atoms with E-state index in [0.717, 1.165) is 34.1 Å². The van der Waals surface area contributed by atoms with Crippen molar-refractivity contribution in [2.24, 2.45) is 0 Å². The summed E-state index contributed by atoms with van der Waals surface area (Å²) in [5.41, 5.74) is 18.6. The van der Waals surface area contributed by atoms with Crippen LogP contribution in [0.25, 0.3) is 33.0 Å². The zero-order valence-electron chi connectivity index (χ0n) is 36.0. The number of rotatable bonds is 8. The summed E-state index contributed by atoms with van der Waals surface area (Å²) in [6.45, 7) is 4.82. The molecule has 10 aromatic rings. The first-order valence-corrected chi connectivity index (χ1v) is 22.3. The monoisotopic (exact) mass is 818 g/mol. The fourth-order valence-electron chi connectivity index (χ4n) is 11.0. The zero-order valence-corrected chi connectivity index (χ0v) is 36.0. The predicted molar refractivity (Wildman–Crippen MR) is 268 cm³/mol. The molecule has 10 aromatic carbocycles. The van der Waals surface area contributed by atoms with E-state index in [2.05, 4.69) is 266 Å². The van der Waals surface area contributed by atoms with Crippen molar-refractivity contribution in [3.8, 4) is 22.3 Å². The van der Waals surface area contributed by atoms with Gasteiger partial charge >= 0.3 is 0 Å². The molecule has 0 aromatic heterocycles. The van der Waals surface area contributed by atoms with Gasteiger partial charge in [-0.15, -0.1) is 0 Å². The van der Waals surface area contributed by atoms with Crippen LogP contribution < -0.4 is 9.80 Å². The van der Waals surface area contributed by atoms with Gasteiger partial charge in [0.15, 0.2) is 0 Å². The standard InChI is InChI=1S/C62H46N2/c1-61(2)56-39-44-23-19-18-22-43(44)38-54(56)52-37-36-46(40-57(52)61)62(45-24-8-3-9-25-45)55-35-21-20-34-53(55)60-58(62)41-51(63(47-26-10-4-11-27-47)48-28-12-5-13-29-48)42-59(60)64(49-30-14-6-15-31-49)50-32-16-7-17-33-50/h3-42H,1-2H3. The first kappa shape index (κ1) is 37.8. The minimum atomic E-state index is -0.680. The van der Waals surface area contributed by atoms with Crippen LogP contribution in [0.15, 0.2) is 243 Å². The molecular weight excluding hydrogens is 773 g/mol. The maximum atomic E-state index is 2.56. The first-order chi connectivity index (χ1) is 31.5. The molecule has 0 saturated carbocycles. The SMILES string of the molecule is CC1(C)c2cc(C3(c4ccccc4)c4ccccc4-c4c(N(c5ccccc5)c5ccccc5)cc(N(c5ccccc5)c5ccccc5)cc43)ccc2-c2cc3ccccc3cc21. The van der Waals surface area contributed by atoms with Crippen LogP contribution in [0.1, 0.15) is 47.2 Å². The lowest BCUT2D eigenvalue weighted by molar-refractivity contribution is 0.656. The van der Waals surface area contributed by atoms with Gasteiger partial charge in [-0.1, -0.05) is 184 Å². The van der Waals surface area contributed by atoms with E-state index in [9.17, 15) is 0 Å². The lowest BCUT2D eigenvalue weighted by atomic mass is 9.66. The normalized spacial score (nSPS) is 15.2. The molecule has 1 unspecified atom stereocenters. The number of fused-ring (bicyclic) bond motifs is 7. The van der Waals surface area contributed by atoms with Crippen molar-refractivity contribution in [3.63, 3.8) is 0 Å². The molecule has 0 bridgehead atoms. The van der Waals surface area contributed by atoms with E-state index in [0.29, 0.717) is 0 Å². The lowest BCUT2D eigenvalue weighted by Gasteiger charge is -2.37. The molecule has 0 N–H and O–H groups in total. The molecular formula is C62H46N2. The van der Waals surface area contributed by atoms with Gasteiger partial charge in [-0.3, -0.25) is 0 Å². The van der Waals surface area contributed by atoms with Crippen LogP contribution in [-0.4, -0.2) is 0 Å². The fourth-order valence-corrected chi connectivity index (χ4v) is 11.0. The molecule has 64 heavy (non-hydrogen) atoms. The van der Waals surface area contributed by atoms with E-state index in [1.807, 2.05) is 0 Å². The molecule has 2 aliphatic rings.